The molecule has 2 heterocycles. The maximum absolute atomic E-state index is 12.4. The minimum absolute atomic E-state index is 0.0831. The Morgan fingerprint density at radius 3 is 2.45 bits per heavy atom. The lowest BCUT2D eigenvalue weighted by molar-refractivity contribution is 0.0569. The number of methoxy groups -OCH3 is 1. The normalized spacial score (nSPS) is 17.1. The number of piperazine rings is 1. The number of amides is 1. The average molecular weight is 305 g/mol. The fraction of sp³-hybridized carbons (Fsp3) is 0.562. The molecule has 0 spiro atoms. The van der Waals surface area contributed by atoms with Gasteiger partial charge in [0.2, 0.25) is 0 Å². The lowest BCUT2D eigenvalue weighted by Crippen LogP contribution is -2.51. The molecule has 1 atom stereocenters. The van der Waals surface area contributed by atoms with Gasteiger partial charge in [0, 0.05) is 38.4 Å². The second kappa shape index (κ2) is 7.35. The Balaban J connectivity index is 1.96. The molecular weight excluding hydrogens is 282 g/mol. The number of carbonyl (C=O) groups is 2. The van der Waals surface area contributed by atoms with Crippen molar-refractivity contribution in [2.24, 2.45) is 0 Å². The van der Waals surface area contributed by atoms with Crippen molar-refractivity contribution in [1.29, 1.82) is 0 Å². The van der Waals surface area contributed by atoms with Gasteiger partial charge in [-0.1, -0.05) is 6.92 Å². The van der Waals surface area contributed by atoms with Gasteiger partial charge in [-0.05, 0) is 25.5 Å². The van der Waals surface area contributed by atoms with Crippen LogP contribution in [0.5, 0.6) is 0 Å². The molecule has 1 unspecified atom stereocenters. The molecule has 1 amide bonds. The van der Waals surface area contributed by atoms with E-state index in [0.29, 0.717) is 30.4 Å². The van der Waals surface area contributed by atoms with Crippen molar-refractivity contribution in [1.82, 2.24) is 14.8 Å². The van der Waals surface area contributed by atoms with E-state index in [1.807, 2.05) is 4.90 Å². The summed E-state index contributed by atoms with van der Waals surface area (Å²) in [7, 11) is 1.32. The van der Waals surface area contributed by atoms with Gasteiger partial charge < -0.3 is 9.64 Å². The van der Waals surface area contributed by atoms with E-state index in [4.69, 9.17) is 0 Å². The molecule has 0 radical (unpaired) electrons. The molecule has 1 aromatic rings. The van der Waals surface area contributed by atoms with Crippen LogP contribution in [0.4, 0.5) is 0 Å². The second-order valence-corrected chi connectivity index (χ2v) is 5.51. The molecular formula is C16H23N3O3. The number of esters is 1. The molecule has 22 heavy (non-hydrogen) atoms. The summed E-state index contributed by atoms with van der Waals surface area (Å²) in [6.07, 6.45) is 2.50. The van der Waals surface area contributed by atoms with Crippen LogP contribution in [0.1, 0.15) is 41.1 Å². The van der Waals surface area contributed by atoms with Crippen LogP contribution in [0, 0.1) is 0 Å². The van der Waals surface area contributed by atoms with Gasteiger partial charge >= 0.3 is 5.97 Å². The van der Waals surface area contributed by atoms with Crippen LogP contribution in [-0.2, 0) is 4.74 Å². The third-order valence-electron chi connectivity index (χ3n) is 4.22. The molecule has 1 aliphatic rings. The van der Waals surface area contributed by atoms with Gasteiger partial charge in [-0.3, -0.25) is 14.7 Å². The summed E-state index contributed by atoms with van der Waals surface area (Å²) in [5.41, 5.74) is 0.713. The smallest absolute Gasteiger partial charge is 0.339 e. The Bertz CT molecular complexity index is 522. The molecule has 0 saturated carbocycles. The zero-order chi connectivity index (χ0) is 16.1. The van der Waals surface area contributed by atoms with Gasteiger partial charge in [0.15, 0.2) is 0 Å². The van der Waals surface area contributed by atoms with Crippen molar-refractivity contribution in [3.8, 4) is 0 Å². The van der Waals surface area contributed by atoms with E-state index in [1.54, 1.807) is 12.1 Å². The summed E-state index contributed by atoms with van der Waals surface area (Å²) in [5, 5.41) is 0. The van der Waals surface area contributed by atoms with Gasteiger partial charge in [-0.2, -0.15) is 0 Å². The molecule has 6 heteroatoms. The lowest BCUT2D eigenvalue weighted by Gasteiger charge is -2.37. The van der Waals surface area contributed by atoms with Gasteiger partial charge in [0.05, 0.1) is 12.7 Å². The molecule has 1 aliphatic heterocycles. The minimum Gasteiger partial charge on any atom is -0.465 e. The van der Waals surface area contributed by atoms with Gasteiger partial charge in [-0.25, -0.2) is 4.79 Å². The number of pyridine rings is 1. The highest BCUT2D eigenvalue weighted by molar-refractivity contribution is 5.94. The maximum Gasteiger partial charge on any atom is 0.339 e. The lowest BCUT2D eigenvalue weighted by atomic mass is 10.2. The van der Waals surface area contributed by atoms with Crippen molar-refractivity contribution in [3.63, 3.8) is 0 Å². The molecule has 0 bridgehead atoms. The number of ether oxygens (including phenoxy) is 1. The summed E-state index contributed by atoms with van der Waals surface area (Å²) in [5.74, 6) is -0.533. The topological polar surface area (TPSA) is 62.7 Å². The van der Waals surface area contributed by atoms with E-state index in [1.165, 1.54) is 13.3 Å². The van der Waals surface area contributed by atoms with E-state index in [0.717, 1.165) is 19.5 Å². The first-order valence-corrected chi connectivity index (χ1v) is 7.64. The average Bonchev–Trinajstić information content (AvgIpc) is 2.60. The summed E-state index contributed by atoms with van der Waals surface area (Å²) in [4.78, 5) is 32.1. The zero-order valence-electron chi connectivity index (χ0n) is 13.4. The number of carbonyl (C=O) groups excluding carboxylic acids is 2. The molecule has 1 fully saturated rings. The number of rotatable bonds is 4. The molecule has 0 aliphatic carbocycles. The molecule has 6 nitrogen and oxygen atoms in total. The maximum atomic E-state index is 12.4. The van der Waals surface area contributed by atoms with Crippen LogP contribution in [0.3, 0.4) is 0 Å². The van der Waals surface area contributed by atoms with Gasteiger partial charge in [-0.15, -0.1) is 0 Å². The predicted molar refractivity (Wildman–Crippen MR) is 82.8 cm³/mol. The van der Waals surface area contributed by atoms with Crippen LogP contribution >= 0.6 is 0 Å². The third-order valence-corrected chi connectivity index (χ3v) is 4.22. The Morgan fingerprint density at radius 1 is 1.27 bits per heavy atom. The first kappa shape index (κ1) is 16.4. The van der Waals surface area contributed by atoms with Crippen molar-refractivity contribution in [3.05, 3.63) is 29.6 Å². The molecule has 1 saturated heterocycles. The van der Waals surface area contributed by atoms with Crippen LogP contribution in [0.2, 0.25) is 0 Å². The van der Waals surface area contributed by atoms with Crippen molar-refractivity contribution < 1.29 is 14.3 Å². The Morgan fingerprint density at radius 2 is 1.95 bits per heavy atom. The van der Waals surface area contributed by atoms with Crippen LogP contribution in [-0.4, -0.2) is 66.0 Å². The van der Waals surface area contributed by atoms with Gasteiger partial charge in [0.1, 0.15) is 5.69 Å². The number of nitrogens with zero attached hydrogens (tertiary/aromatic N) is 3. The Labute approximate surface area is 131 Å². The zero-order valence-corrected chi connectivity index (χ0v) is 13.4. The number of hydrogen-bond acceptors (Lipinski definition) is 5. The fourth-order valence-electron chi connectivity index (χ4n) is 2.54. The highest BCUT2D eigenvalue weighted by Crippen LogP contribution is 2.11. The summed E-state index contributed by atoms with van der Waals surface area (Å²) in [6.45, 7) is 7.59. The van der Waals surface area contributed by atoms with E-state index < -0.39 is 5.97 Å². The Hall–Kier alpha value is -1.95. The van der Waals surface area contributed by atoms with Gasteiger partial charge in [0.25, 0.3) is 5.91 Å². The standard InChI is InChI=1S/C16H23N3O3/c1-4-12(2)18-7-9-19(10-8-18)15(20)14-6-5-13(11-17-14)16(21)22-3/h5-6,11-12H,4,7-10H2,1-3H3. The highest BCUT2D eigenvalue weighted by atomic mass is 16.5. The molecule has 2 rings (SSSR count). The first-order valence-electron chi connectivity index (χ1n) is 7.64. The van der Waals surface area contributed by atoms with Crippen molar-refractivity contribution in [2.75, 3.05) is 33.3 Å². The second-order valence-electron chi connectivity index (χ2n) is 5.51. The predicted octanol–water partition coefficient (Wildman–Crippen LogP) is 1.42. The molecule has 0 N–H and O–H groups in total. The quantitative estimate of drug-likeness (QED) is 0.787. The summed E-state index contributed by atoms with van der Waals surface area (Å²) in [6, 6.07) is 3.70. The van der Waals surface area contributed by atoms with E-state index >= 15 is 0 Å². The summed E-state index contributed by atoms with van der Waals surface area (Å²) < 4.78 is 4.62. The largest absolute Gasteiger partial charge is 0.465 e. The minimum atomic E-state index is -0.450. The first-order chi connectivity index (χ1) is 10.6. The van der Waals surface area contributed by atoms with Crippen LogP contribution in [0.15, 0.2) is 18.3 Å². The third kappa shape index (κ3) is 3.62. The number of hydrogen-bond donors (Lipinski definition) is 0. The fourth-order valence-corrected chi connectivity index (χ4v) is 2.54. The number of aromatic nitrogens is 1. The monoisotopic (exact) mass is 305 g/mol. The van der Waals surface area contributed by atoms with E-state index in [2.05, 4.69) is 28.5 Å². The molecule has 120 valence electrons. The SMILES string of the molecule is CCC(C)N1CCN(C(=O)c2ccc(C(=O)OC)cn2)CC1. The van der Waals surface area contributed by atoms with E-state index in [-0.39, 0.29) is 5.91 Å². The van der Waals surface area contributed by atoms with Crippen molar-refractivity contribution in [2.45, 2.75) is 26.3 Å². The van der Waals surface area contributed by atoms with Crippen LogP contribution in [0.25, 0.3) is 0 Å². The van der Waals surface area contributed by atoms with E-state index in [9.17, 15) is 9.59 Å². The van der Waals surface area contributed by atoms with Crippen LogP contribution < -0.4 is 0 Å². The van der Waals surface area contributed by atoms with Crippen molar-refractivity contribution >= 4 is 11.9 Å². The molecule has 0 aromatic carbocycles. The Kier molecular flexibility index (Phi) is 5.49. The summed E-state index contributed by atoms with van der Waals surface area (Å²) >= 11 is 0. The molecule has 1 aromatic heterocycles. The highest BCUT2D eigenvalue weighted by Gasteiger charge is 2.24.